The summed E-state index contributed by atoms with van der Waals surface area (Å²) in [5.74, 6) is 3.43. The Kier molecular flexibility index (Phi) is 4.63. The third-order valence-corrected chi connectivity index (χ3v) is 9.56. The van der Waals surface area contributed by atoms with Crippen LogP contribution in [0.4, 0.5) is 0 Å². The minimum absolute atomic E-state index is 0.135. The quantitative estimate of drug-likeness (QED) is 0.217. The standard InChI is InChI=1S/C40H28O2/c1-39(2)30-18-7-6-15-28(30)29-17-12-16-27(37(29)39)25-23-35-38-36(24-25)42-34-22-11-9-20-32(34)40(38,26-13-4-3-5-14-26)31-19-8-10-21-33(31)41-35/h3-24H,1-2H3. The predicted molar refractivity (Wildman–Crippen MR) is 168 cm³/mol. The van der Waals surface area contributed by atoms with Gasteiger partial charge in [0, 0.05) is 16.5 Å². The molecule has 0 aromatic heterocycles. The molecule has 42 heavy (non-hydrogen) atoms. The van der Waals surface area contributed by atoms with Crippen LogP contribution < -0.4 is 9.47 Å². The van der Waals surface area contributed by atoms with E-state index in [9.17, 15) is 0 Å². The highest BCUT2D eigenvalue weighted by Crippen LogP contribution is 2.63. The average molecular weight is 541 g/mol. The topological polar surface area (TPSA) is 18.5 Å². The van der Waals surface area contributed by atoms with Gasteiger partial charge < -0.3 is 9.47 Å². The summed E-state index contributed by atoms with van der Waals surface area (Å²) in [5.41, 5.74) is 11.5. The third-order valence-electron chi connectivity index (χ3n) is 9.56. The van der Waals surface area contributed by atoms with Gasteiger partial charge in [0.25, 0.3) is 0 Å². The van der Waals surface area contributed by atoms with Crippen molar-refractivity contribution >= 4 is 0 Å². The van der Waals surface area contributed by atoms with Crippen molar-refractivity contribution in [3.05, 3.63) is 167 Å². The van der Waals surface area contributed by atoms with E-state index in [4.69, 9.17) is 9.47 Å². The van der Waals surface area contributed by atoms with Crippen LogP contribution in [-0.4, -0.2) is 0 Å². The van der Waals surface area contributed by atoms with Crippen LogP contribution in [-0.2, 0) is 10.8 Å². The summed E-state index contributed by atoms with van der Waals surface area (Å²) in [6, 6.07) is 47.7. The maximum absolute atomic E-state index is 6.80. The summed E-state index contributed by atoms with van der Waals surface area (Å²) in [5, 5.41) is 0. The van der Waals surface area contributed by atoms with Gasteiger partial charge in [0.1, 0.15) is 23.0 Å². The number of para-hydroxylation sites is 2. The van der Waals surface area contributed by atoms with Crippen LogP contribution >= 0.6 is 0 Å². The Labute approximate surface area is 245 Å². The van der Waals surface area contributed by atoms with E-state index in [1.54, 1.807) is 0 Å². The van der Waals surface area contributed by atoms with Crippen LogP contribution in [0, 0.1) is 0 Å². The zero-order chi connectivity index (χ0) is 28.1. The predicted octanol–water partition coefficient (Wildman–Crippen LogP) is 10.3. The van der Waals surface area contributed by atoms with Crippen LogP contribution in [0.25, 0.3) is 22.3 Å². The number of benzene rings is 6. The lowest BCUT2D eigenvalue weighted by Crippen LogP contribution is -2.37. The van der Waals surface area contributed by atoms with Gasteiger partial charge >= 0.3 is 0 Å². The molecule has 9 rings (SSSR count). The molecular formula is C40H28O2. The second kappa shape index (κ2) is 8.24. The molecule has 0 amide bonds. The summed E-state index contributed by atoms with van der Waals surface area (Å²) in [6.07, 6.45) is 0. The van der Waals surface area contributed by atoms with Crippen molar-refractivity contribution < 1.29 is 9.47 Å². The van der Waals surface area contributed by atoms with Crippen LogP contribution in [0.2, 0.25) is 0 Å². The van der Waals surface area contributed by atoms with Gasteiger partial charge in [0.2, 0.25) is 0 Å². The Balaban J connectivity index is 1.37. The minimum Gasteiger partial charge on any atom is -0.457 e. The van der Waals surface area contributed by atoms with Crippen molar-refractivity contribution in [2.75, 3.05) is 0 Å². The molecule has 0 fully saturated rings. The van der Waals surface area contributed by atoms with E-state index in [2.05, 4.69) is 147 Å². The number of fused-ring (bicyclic) bond motifs is 7. The van der Waals surface area contributed by atoms with E-state index in [1.165, 1.54) is 33.4 Å². The number of hydrogen-bond acceptors (Lipinski definition) is 2. The lowest BCUT2D eigenvalue weighted by molar-refractivity contribution is 0.385. The molecule has 2 heterocycles. The first-order chi connectivity index (χ1) is 20.6. The second-order valence-corrected chi connectivity index (χ2v) is 12.1. The molecule has 2 nitrogen and oxygen atoms in total. The van der Waals surface area contributed by atoms with Gasteiger partial charge in [-0.2, -0.15) is 0 Å². The SMILES string of the molecule is CC1(C)c2ccccc2-c2cccc(-c3cc4c5c(c3)Oc3ccccc3C5(c3ccccc3)c3ccccc3O4)c21. The van der Waals surface area contributed by atoms with Gasteiger partial charge in [-0.1, -0.05) is 123 Å². The van der Waals surface area contributed by atoms with Crippen LogP contribution in [0.15, 0.2) is 133 Å². The monoisotopic (exact) mass is 540 g/mol. The molecule has 0 saturated heterocycles. The van der Waals surface area contributed by atoms with Gasteiger partial charge in [-0.05, 0) is 63.2 Å². The molecule has 0 saturated carbocycles. The Morgan fingerprint density at radius 1 is 0.429 bits per heavy atom. The van der Waals surface area contributed by atoms with Crippen molar-refractivity contribution in [3.63, 3.8) is 0 Å². The molecule has 0 spiro atoms. The molecule has 0 N–H and O–H groups in total. The fraction of sp³-hybridized carbons (Fsp3) is 0.100. The molecule has 6 aromatic rings. The fourth-order valence-electron chi connectivity index (χ4n) is 7.89. The first-order valence-corrected chi connectivity index (χ1v) is 14.6. The van der Waals surface area contributed by atoms with E-state index < -0.39 is 5.41 Å². The first-order valence-electron chi connectivity index (χ1n) is 14.6. The van der Waals surface area contributed by atoms with Crippen molar-refractivity contribution in [1.29, 1.82) is 0 Å². The molecule has 6 aromatic carbocycles. The Morgan fingerprint density at radius 2 is 0.952 bits per heavy atom. The molecule has 2 aliphatic heterocycles. The van der Waals surface area contributed by atoms with E-state index in [0.717, 1.165) is 45.3 Å². The van der Waals surface area contributed by atoms with Crippen LogP contribution in [0.1, 0.15) is 47.2 Å². The Hall–Kier alpha value is -5.08. The lowest BCUT2D eigenvalue weighted by Gasteiger charge is -2.45. The fourth-order valence-corrected chi connectivity index (χ4v) is 7.89. The van der Waals surface area contributed by atoms with Gasteiger partial charge in [0.05, 0.1) is 11.0 Å². The summed E-state index contributed by atoms with van der Waals surface area (Å²) < 4.78 is 13.6. The van der Waals surface area contributed by atoms with Gasteiger partial charge in [-0.15, -0.1) is 0 Å². The molecule has 1 aliphatic carbocycles. The van der Waals surface area contributed by atoms with E-state index >= 15 is 0 Å². The molecule has 3 aliphatic rings. The van der Waals surface area contributed by atoms with Crippen LogP contribution in [0.5, 0.6) is 23.0 Å². The smallest absolute Gasteiger partial charge is 0.136 e. The number of rotatable bonds is 2. The zero-order valence-corrected chi connectivity index (χ0v) is 23.5. The maximum atomic E-state index is 6.80. The molecule has 200 valence electrons. The minimum atomic E-state index is -0.567. The Morgan fingerprint density at radius 3 is 1.62 bits per heavy atom. The largest absolute Gasteiger partial charge is 0.457 e. The molecule has 0 unspecified atom stereocenters. The van der Waals surface area contributed by atoms with Gasteiger partial charge in [0.15, 0.2) is 0 Å². The van der Waals surface area contributed by atoms with Crippen molar-refractivity contribution in [1.82, 2.24) is 0 Å². The highest BCUT2D eigenvalue weighted by molar-refractivity contribution is 5.90. The number of ether oxygens (including phenoxy) is 2. The molecule has 0 atom stereocenters. The van der Waals surface area contributed by atoms with Crippen molar-refractivity contribution in [2.45, 2.75) is 24.7 Å². The Bertz CT molecular complexity index is 2000. The molecule has 0 radical (unpaired) electrons. The molecular weight excluding hydrogens is 512 g/mol. The van der Waals surface area contributed by atoms with Gasteiger partial charge in [-0.3, -0.25) is 0 Å². The summed E-state index contributed by atoms with van der Waals surface area (Å²) in [4.78, 5) is 0. The van der Waals surface area contributed by atoms with E-state index in [1.807, 2.05) is 0 Å². The lowest BCUT2D eigenvalue weighted by atomic mass is 9.62. The molecule has 2 heteroatoms. The second-order valence-electron chi connectivity index (χ2n) is 12.1. The number of hydrogen-bond donors (Lipinski definition) is 0. The summed E-state index contributed by atoms with van der Waals surface area (Å²) in [7, 11) is 0. The van der Waals surface area contributed by atoms with Gasteiger partial charge in [-0.25, -0.2) is 0 Å². The maximum Gasteiger partial charge on any atom is 0.136 e. The van der Waals surface area contributed by atoms with Crippen molar-refractivity contribution in [2.24, 2.45) is 0 Å². The highest BCUT2D eigenvalue weighted by Gasteiger charge is 2.51. The summed E-state index contributed by atoms with van der Waals surface area (Å²) in [6.45, 7) is 4.67. The average Bonchev–Trinajstić information content (AvgIpc) is 3.27. The van der Waals surface area contributed by atoms with Crippen LogP contribution in [0.3, 0.4) is 0 Å². The zero-order valence-electron chi connectivity index (χ0n) is 23.5. The summed E-state index contributed by atoms with van der Waals surface area (Å²) >= 11 is 0. The third kappa shape index (κ3) is 2.89. The van der Waals surface area contributed by atoms with E-state index in [-0.39, 0.29) is 5.41 Å². The highest BCUT2D eigenvalue weighted by atomic mass is 16.5. The normalized spacial score (nSPS) is 15.7. The van der Waals surface area contributed by atoms with Crippen molar-refractivity contribution in [3.8, 4) is 45.3 Å². The molecule has 0 bridgehead atoms. The van der Waals surface area contributed by atoms with E-state index in [0.29, 0.717) is 0 Å². The first kappa shape index (κ1) is 23.6.